The molecule has 2 aromatic carbocycles. The van der Waals surface area contributed by atoms with Gasteiger partial charge in [0.1, 0.15) is 0 Å². The van der Waals surface area contributed by atoms with Gasteiger partial charge in [0.2, 0.25) is 0 Å². The lowest BCUT2D eigenvalue weighted by Gasteiger charge is -2.19. The molecule has 0 radical (unpaired) electrons. The first kappa shape index (κ1) is 16.1. The van der Waals surface area contributed by atoms with Gasteiger partial charge in [-0.15, -0.1) is 0 Å². The molecule has 106 valence electrons. The van der Waals surface area contributed by atoms with Crippen LogP contribution in [0.5, 0.6) is 0 Å². The van der Waals surface area contributed by atoms with E-state index in [4.69, 9.17) is 23.2 Å². The Labute approximate surface area is 143 Å². The molecule has 0 saturated carbocycles. The van der Waals surface area contributed by atoms with E-state index in [1.165, 1.54) is 9.13 Å². The Morgan fingerprint density at radius 1 is 1.10 bits per heavy atom. The van der Waals surface area contributed by atoms with E-state index in [0.717, 1.165) is 23.6 Å². The average molecular weight is 420 g/mol. The summed E-state index contributed by atoms with van der Waals surface area (Å²) in [4.78, 5) is 0. The zero-order chi connectivity index (χ0) is 14.5. The van der Waals surface area contributed by atoms with Crippen molar-refractivity contribution in [3.8, 4) is 0 Å². The van der Waals surface area contributed by atoms with Crippen molar-refractivity contribution in [1.29, 1.82) is 0 Å². The van der Waals surface area contributed by atoms with Crippen LogP contribution in [-0.4, -0.2) is 6.54 Å². The molecule has 0 heterocycles. The summed E-state index contributed by atoms with van der Waals surface area (Å²) >= 11 is 14.5. The monoisotopic (exact) mass is 419 g/mol. The van der Waals surface area contributed by atoms with Crippen LogP contribution in [0.4, 0.5) is 0 Å². The topological polar surface area (TPSA) is 12.0 Å². The third-order valence-electron chi connectivity index (χ3n) is 3.16. The predicted molar refractivity (Wildman–Crippen MR) is 95.7 cm³/mol. The van der Waals surface area contributed by atoms with Crippen LogP contribution in [0.15, 0.2) is 42.5 Å². The Hall–Kier alpha value is -0.290. The standard InChI is InChI=1S/C16H16Cl2IN/c1-2-20-16(11-4-7-14(19)8-5-11)9-12-3-6-13(17)10-15(12)18/h3-8,10,16,20H,2,9H2,1H3. The van der Waals surface area contributed by atoms with Gasteiger partial charge in [-0.3, -0.25) is 0 Å². The van der Waals surface area contributed by atoms with Crippen molar-refractivity contribution < 1.29 is 0 Å². The molecular weight excluding hydrogens is 404 g/mol. The second-order valence-electron chi connectivity index (χ2n) is 4.60. The molecule has 4 heteroatoms. The van der Waals surface area contributed by atoms with Crippen molar-refractivity contribution in [2.75, 3.05) is 6.54 Å². The first-order valence-corrected chi connectivity index (χ1v) is 8.36. The third-order valence-corrected chi connectivity index (χ3v) is 4.47. The van der Waals surface area contributed by atoms with Gasteiger partial charge < -0.3 is 5.32 Å². The zero-order valence-electron chi connectivity index (χ0n) is 11.2. The molecule has 1 N–H and O–H groups in total. The van der Waals surface area contributed by atoms with E-state index in [9.17, 15) is 0 Å². The molecule has 1 atom stereocenters. The lowest BCUT2D eigenvalue weighted by atomic mass is 9.99. The summed E-state index contributed by atoms with van der Waals surface area (Å²) in [6.45, 7) is 3.03. The molecule has 0 saturated heterocycles. The Balaban J connectivity index is 2.22. The quantitative estimate of drug-likeness (QED) is 0.631. The fraction of sp³-hybridized carbons (Fsp3) is 0.250. The molecule has 0 bridgehead atoms. The van der Waals surface area contributed by atoms with E-state index in [0.29, 0.717) is 5.02 Å². The van der Waals surface area contributed by atoms with E-state index < -0.39 is 0 Å². The minimum atomic E-state index is 0.260. The van der Waals surface area contributed by atoms with Gasteiger partial charge in [0, 0.05) is 19.7 Å². The van der Waals surface area contributed by atoms with Crippen LogP contribution in [-0.2, 0) is 6.42 Å². The van der Waals surface area contributed by atoms with E-state index in [2.05, 4.69) is 59.1 Å². The molecule has 1 nitrogen and oxygen atoms in total. The van der Waals surface area contributed by atoms with Crippen LogP contribution in [0.3, 0.4) is 0 Å². The summed E-state index contributed by atoms with van der Waals surface area (Å²) in [7, 11) is 0. The molecule has 0 amide bonds. The van der Waals surface area contributed by atoms with Crippen LogP contribution in [0, 0.1) is 3.57 Å². The second-order valence-corrected chi connectivity index (χ2v) is 6.69. The number of benzene rings is 2. The normalized spacial score (nSPS) is 12.4. The lowest BCUT2D eigenvalue weighted by Crippen LogP contribution is -2.23. The molecule has 0 fully saturated rings. The first-order valence-electron chi connectivity index (χ1n) is 6.53. The summed E-state index contributed by atoms with van der Waals surface area (Å²) in [5, 5.41) is 4.92. The van der Waals surface area contributed by atoms with E-state index >= 15 is 0 Å². The van der Waals surface area contributed by atoms with Crippen LogP contribution < -0.4 is 5.32 Å². The third kappa shape index (κ3) is 4.35. The van der Waals surface area contributed by atoms with E-state index in [1.54, 1.807) is 6.07 Å². The summed E-state index contributed by atoms with van der Waals surface area (Å²) in [6, 6.07) is 14.5. The van der Waals surface area contributed by atoms with Crippen molar-refractivity contribution >= 4 is 45.8 Å². The van der Waals surface area contributed by atoms with Gasteiger partial charge >= 0.3 is 0 Å². The Kier molecular flexibility index (Phi) is 6.15. The molecule has 0 spiro atoms. The summed E-state index contributed by atoms with van der Waals surface area (Å²) < 4.78 is 1.24. The minimum Gasteiger partial charge on any atom is -0.310 e. The molecule has 20 heavy (non-hydrogen) atoms. The van der Waals surface area contributed by atoms with E-state index in [-0.39, 0.29) is 6.04 Å². The Morgan fingerprint density at radius 3 is 2.40 bits per heavy atom. The first-order chi connectivity index (χ1) is 9.60. The van der Waals surface area contributed by atoms with Crippen LogP contribution in [0.25, 0.3) is 0 Å². The average Bonchev–Trinajstić information content (AvgIpc) is 2.42. The lowest BCUT2D eigenvalue weighted by molar-refractivity contribution is 0.550. The molecule has 0 aromatic heterocycles. The smallest absolute Gasteiger partial charge is 0.0453 e. The van der Waals surface area contributed by atoms with Gasteiger partial charge in [0.15, 0.2) is 0 Å². The van der Waals surface area contributed by atoms with Gasteiger partial charge in [-0.1, -0.05) is 48.3 Å². The Morgan fingerprint density at radius 2 is 1.80 bits per heavy atom. The van der Waals surface area contributed by atoms with Gasteiger partial charge in [0.25, 0.3) is 0 Å². The largest absolute Gasteiger partial charge is 0.310 e. The summed E-state index contributed by atoms with van der Waals surface area (Å²) in [6.07, 6.45) is 0.852. The number of halogens is 3. The van der Waals surface area contributed by atoms with Crippen molar-refractivity contribution in [2.45, 2.75) is 19.4 Å². The highest BCUT2D eigenvalue weighted by Crippen LogP contribution is 2.26. The Bertz CT molecular complexity index is 569. The highest BCUT2D eigenvalue weighted by atomic mass is 127. The number of nitrogens with one attached hydrogen (secondary N) is 1. The maximum atomic E-state index is 6.27. The number of rotatable bonds is 5. The zero-order valence-corrected chi connectivity index (χ0v) is 14.8. The SMILES string of the molecule is CCNC(Cc1ccc(Cl)cc1Cl)c1ccc(I)cc1. The molecule has 2 rings (SSSR count). The fourth-order valence-corrected chi connectivity index (χ4v) is 3.00. The van der Waals surface area contributed by atoms with Crippen LogP contribution in [0.2, 0.25) is 10.0 Å². The van der Waals surface area contributed by atoms with Crippen molar-refractivity contribution in [3.63, 3.8) is 0 Å². The van der Waals surface area contributed by atoms with Crippen LogP contribution in [0.1, 0.15) is 24.1 Å². The number of likely N-dealkylation sites (N-methyl/N-ethyl adjacent to an activating group) is 1. The molecule has 1 unspecified atom stereocenters. The molecule has 0 aliphatic carbocycles. The maximum absolute atomic E-state index is 6.27. The number of hydrogen-bond donors (Lipinski definition) is 1. The summed E-state index contributed by atoms with van der Waals surface area (Å²) in [5.41, 5.74) is 2.39. The fourth-order valence-electron chi connectivity index (χ4n) is 2.16. The van der Waals surface area contributed by atoms with Gasteiger partial charge in [-0.05, 0) is 70.9 Å². The highest BCUT2D eigenvalue weighted by molar-refractivity contribution is 14.1. The highest BCUT2D eigenvalue weighted by Gasteiger charge is 2.13. The molecular formula is C16H16Cl2IN. The van der Waals surface area contributed by atoms with E-state index in [1.807, 2.05) is 12.1 Å². The van der Waals surface area contributed by atoms with Gasteiger partial charge in [-0.25, -0.2) is 0 Å². The van der Waals surface area contributed by atoms with Crippen molar-refractivity contribution in [1.82, 2.24) is 5.32 Å². The second kappa shape index (κ2) is 7.64. The predicted octanol–water partition coefficient (Wildman–Crippen LogP) is 5.49. The van der Waals surface area contributed by atoms with Gasteiger partial charge in [-0.2, -0.15) is 0 Å². The van der Waals surface area contributed by atoms with Crippen molar-refractivity contribution in [2.24, 2.45) is 0 Å². The van der Waals surface area contributed by atoms with Gasteiger partial charge in [0.05, 0.1) is 0 Å². The van der Waals surface area contributed by atoms with Crippen molar-refractivity contribution in [3.05, 3.63) is 67.2 Å². The molecule has 0 aliphatic heterocycles. The molecule has 0 aliphatic rings. The molecule has 2 aromatic rings. The minimum absolute atomic E-state index is 0.260. The number of hydrogen-bond acceptors (Lipinski definition) is 1. The maximum Gasteiger partial charge on any atom is 0.0453 e. The van der Waals surface area contributed by atoms with Crippen LogP contribution >= 0.6 is 45.8 Å². The summed E-state index contributed by atoms with van der Waals surface area (Å²) in [5.74, 6) is 0.